The van der Waals surface area contributed by atoms with Crippen molar-refractivity contribution in [2.45, 2.75) is 25.9 Å². The Balaban J connectivity index is 2.00. The van der Waals surface area contributed by atoms with Crippen LogP contribution in [0.1, 0.15) is 13.8 Å². The lowest BCUT2D eigenvalue weighted by molar-refractivity contribution is 0.0314. The summed E-state index contributed by atoms with van der Waals surface area (Å²) >= 11 is 0. The van der Waals surface area contributed by atoms with Gasteiger partial charge < -0.3 is 19.9 Å². The topological polar surface area (TPSA) is 44.8 Å². The Kier molecular flexibility index (Phi) is 3.66. The fraction of sp³-hybridized carbons (Fsp3) is 0.909. The van der Waals surface area contributed by atoms with E-state index in [0.717, 1.165) is 26.2 Å². The molecule has 2 rings (SSSR count). The molecule has 16 heavy (non-hydrogen) atoms. The van der Waals surface area contributed by atoms with Crippen LogP contribution in [0, 0.1) is 0 Å². The van der Waals surface area contributed by atoms with Crippen molar-refractivity contribution in [3.63, 3.8) is 0 Å². The largest absolute Gasteiger partial charge is 0.378 e. The molecule has 1 N–H and O–H groups in total. The van der Waals surface area contributed by atoms with E-state index in [9.17, 15) is 4.79 Å². The molecule has 0 bridgehead atoms. The summed E-state index contributed by atoms with van der Waals surface area (Å²) in [5.74, 6) is 0. The molecule has 0 aliphatic carbocycles. The first kappa shape index (κ1) is 11.7. The lowest BCUT2D eigenvalue weighted by atomic mass is 10.1. The molecule has 2 amide bonds. The molecule has 0 aromatic carbocycles. The second-order valence-corrected chi connectivity index (χ2v) is 4.65. The average Bonchev–Trinajstić information content (AvgIpc) is 2.30. The molecule has 0 saturated carbocycles. The van der Waals surface area contributed by atoms with Crippen molar-refractivity contribution in [3.8, 4) is 0 Å². The fourth-order valence-corrected chi connectivity index (χ4v) is 2.43. The third kappa shape index (κ3) is 2.30. The first-order valence-electron chi connectivity index (χ1n) is 6.06. The number of carbonyl (C=O) groups is 1. The smallest absolute Gasteiger partial charge is 0.320 e. The number of urea groups is 1. The number of nitrogens with zero attached hydrogens (tertiary/aromatic N) is 2. The van der Waals surface area contributed by atoms with Gasteiger partial charge in [0.2, 0.25) is 0 Å². The summed E-state index contributed by atoms with van der Waals surface area (Å²) in [6.45, 7) is 8.76. The molecule has 0 spiro atoms. The maximum Gasteiger partial charge on any atom is 0.320 e. The molecule has 92 valence electrons. The van der Waals surface area contributed by atoms with Crippen LogP contribution >= 0.6 is 0 Å². The van der Waals surface area contributed by atoms with Gasteiger partial charge >= 0.3 is 6.03 Å². The van der Waals surface area contributed by atoms with E-state index in [1.807, 2.05) is 9.80 Å². The van der Waals surface area contributed by atoms with Gasteiger partial charge in [0, 0.05) is 38.3 Å². The van der Waals surface area contributed by atoms with Crippen LogP contribution in [0.15, 0.2) is 0 Å². The molecule has 0 aromatic rings. The minimum absolute atomic E-state index is 0.171. The van der Waals surface area contributed by atoms with E-state index in [1.165, 1.54) is 0 Å². The highest BCUT2D eigenvalue weighted by Crippen LogP contribution is 2.13. The lowest BCUT2D eigenvalue weighted by Gasteiger charge is -2.42. The SMILES string of the molecule is CC1CNCC(C)N1C(=O)N1CCOCC1. The summed E-state index contributed by atoms with van der Waals surface area (Å²) < 4.78 is 5.27. The van der Waals surface area contributed by atoms with E-state index in [-0.39, 0.29) is 18.1 Å². The molecule has 2 aliphatic heterocycles. The minimum Gasteiger partial charge on any atom is -0.378 e. The van der Waals surface area contributed by atoms with E-state index in [1.54, 1.807) is 0 Å². The molecule has 2 saturated heterocycles. The molecule has 5 heteroatoms. The normalized spacial score (nSPS) is 31.6. The Hall–Kier alpha value is -0.810. The Morgan fingerprint density at radius 3 is 2.31 bits per heavy atom. The Morgan fingerprint density at radius 2 is 1.75 bits per heavy atom. The highest BCUT2D eigenvalue weighted by Gasteiger charge is 2.32. The van der Waals surface area contributed by atoms with E-state index in [4.69, 9.17) is 4.74 Å². The van der Waals surface area contributed by atoms with Gasteiger partial charge in [0.25, 0.3) is 0 Å². The number of carbonyl (C=O) groups excluding carboxylic acids is 1. The Bertz CT molecular complexity index is 244. The fourth-order valence-electron chi connectivity index (χ4n) is 2.43. The van der Waals surface area contributed by atoms with Gasteiger partial charge in [0.1, 0.15) is 0 Å². The van der Waals surface area contributed by atoms with Crippen molar-refractivity contribution in [1.82, 2.24) is 15.1 Å². The highest BCUT2D eigenvalue weighted by atomic mass is 16.5. The Labute approximate surface area is 96.7 Å². The van der Waals surface area contributed by atoms with Gasteiger partial charge in [-0.15, -0.1) is 0 Å². The molecular formula is C11H21N3O2. The summed E-state index contributed by atoms with van der Waals surface area (Å²) in [7, 11) is 0. The third-order valence-electron chi connectivity index (χ3n) is 3.33. The molecule has 2 aliphatic rings. The van der Waals surface area contributed by atoms with Crippen LogP contribution in [0.3, 0.4) is 0 Å². The zero-order valence-electron chi connectivity index (χ0n) is 10.1. The van der Waals surface area contributed by atoms with Crippen molar-refractivity contribution in [1.29, 1.82) is 0 Å². The van der Waals surface area contributed by atoms with Crippen LogP contribution in [0.4, 0.5) is 4.79 Å². The zero-order valence-corrected chi connectivity index (χ0v) is 10.1. The minimum atomic E-state index is 0.171. The van der Waals surface area contributed by atoms with Crippen LogP contribution in [-0.4, -0.2) is 67.3 Å². The molecule has 5 nitrogen and oxygen atoms in total. The number of nitrogens with one attached hydrogen (secondary N) is 1. The van der Waals surface area contributed by atoms with Crippen molar-refractivity contribution in [2.24, 2.45) is 0 Å². The highest BCUT2D eigenvalue weighted by molar-refractivity contribution is 5.75. The number of amides is 2. The third-order valence-corrected chi connectivity index (χ3v) is 3.33. The van der Waals surface area contributed by atoms with Gasteiger partial charge in [-0.05, 0) is 13.8 Å². The summed E-state index contributed by atoms with van der Waals surface area (Å²) in [5.41, 5.74) is 0. The number of hydrogen-bond acceptors (Lipinski definition) is 3. The molecular weight excluding hydrogens is 206 g/mol. The number of morpholine rings is 1. The van der Waals surface area contributed by atoms with Gasteiger partial charge in [-0.3, -0.25) is 0 Å². The van der Waals surface area contributed by atoms with Gasteiger partial charge in [-0.1, -0.05) is 0 Å². The van der Waals surface area contributed by atoms with Crippen LogP contribution in [0.5, 0.6) is 0 Å². The second kappa shape index (κ2) is 5.01. The molecule has 2 heterocycles. The molecule has 2 unspecified atom stereocenters. The van der Waals surface area contributed by atoms with Crippen molar-refractivity contribution < 1.29 is 9.53 Å². The van der Waals surface area contributed by atoms with Gasteiger partial charge in [-0.25, -0.2) is 4.79 Å². The summed E-state index contributed by atoms with van der Waals surface area (Å²) in [6, 6.07) is 0.725. The van der Waals surface area contributed by atoms with Crippen molar-refractivity contribution in [3.05, 3.63) is 0 Å². The van der Waals surface area contributed by atoms with Gasteiger partial charge in [-0.2, -0.15) is 0 Å². The lowest BCUT2D eigenvalue weighted by Crippen LogP contribution is -2.61. The maximum absolute atomic E-state index is 12.3. The average molecular weight is 227 g/mol. The van der Waals surface area contributed by atoms with Gasteiger partial charge in [0.05, 0.1) is 13.2 Å². The summed E-state index contributed by atoms with van der Waals surface area (Å²) in [6.07, 6.45) is 0. The molecule has 2 fully saturated rings. The van der Waals surface area contributed by atoms with Crippen LogP contribution in [0.2, 0.25) is 0 Å². The zero-order chi connectivity index (χ0) is 11.5. The van der Waals surface area contributed by atoms with Crippen LogP contribution in [-0.2, 0) is 4.74 Å². The van der Waals surface area contributed by atoms with Crippen LogP contribution < -0.4 is 5.32 Å². The molecule has 2 atom stereocenters. The van der Waals surface area contributed by atoms with Crippen LogP contribution in [0.25, 0.3) is 0 Å². The number of hydrogen-bond donors (Lipinski definition) is 1. The predicted octanol–water partition coefficient (Wildman–Crippen LogP) is 0.121. The van der Waals surface area contributed by atoms with Gasteiger partial charge in [0.15, 0.2) is 0 Å². The number of ether oxygens (including phenoxy) is 1. The first-order chi connectivity index (χ1) is 7.70. The monoisotopic (exact) mass is 227 g/mol. The number of piperazine rings is 1. The Morgan fingerprint density at radius 1 is 1.19 bits per heavy atom. The summed E-state index contributed by atoms with van der Waals surface area (Å²) in [4.78, 5) is 16.2. The maximum atomic E-state index is 12.3. The van der Waals surface area contributed by atoms with E-state index in [2.05, 4.69) is 19.2 Å². The number of rotatable bonds is 0. The summed E-state index contributed by atoms with van der Waals surface area (Å²) in [5, 5.41) is 3.33. The van der Waals surface area contributed by atoms with E-state index < -0.39 is 0 Å². The van der Waals surface area contributed by atoms with Crippen molar-refractivity contribution >= 4 is 6.03 Å². The quantitative estimate of drug-likeness (QED) is 0.639. The van der Waals surface area contributed by atoms with E-state index >= 15 is 0 Å². The predicted molar refractivity (Wildman–Crippen MR) is 61.4 cm³/mol. The second-order valence-electron chi connectivity index (χ2n) is 4.65. The molecule has 0 aromatic heterocycles. The first-order valence-corrected chi connectivity index (χ1v) is 6.06. The van der Waals surface area contributed by atoms with Crippen molar-refractivity contribution in [2.75, 3.05) is 39.4 Å². The van der Waals surface area contributed by atoms with E-state index in [0.29, 0.717) is 13.2 Å². The standard InChI is InChI=1S/C11H21N3O2/c1-9-7-12-8-10(2)14(9)11(15)13-3-5-16-6-4-13/h9-10,12H,3-8H2,1-2H3. The molecule has 0 radical (unpaired) electrons.